The summed E-state index contributed by atoms with van der Waals surface area (Å²) in [6.45, 7) is 0. The van der Waals surface area contributed by atoms with Gasteiger partial charge in [-0.1, -0.05) is 0 Å². The highest BCUT2D eigenvalue weighted by Gasteiger charge is 2.08. The molecule has 0 spiro atoms. The Kier molecular flexibility index (Phi) is 7.29. The van der Waals surface area contributed by atoms with E-state index in [1.54, 1.807) is 67.8 Å². The van der Waals surface area contributed by atoms with Crippen molar-refractivity contribution in [2.24, 2.45) is 5.73 Å². The summed E-state index contributed by atoms with van der Waals surface area (Å²) in [5, 5.41) is 5.60. The van der Waals surface area contributed by atoms with E-state index in [2.05, 4.69) is 10.6 Å². The van der Waals surface area contributed by atoms with E-state index in [0.29, 0.717) is 28.3 Å². The molecule has 0 fully saturated rings. The molecular weight excluding hydrogens is 414 g/mol. The second-order valence-corrected chi connectivity index (χ2v) is 7.53. The van der Waals surface area contributed by atoms with Crippen LogP contribution in [-0.2, 0) is 4.79 Å². The van der Waals surface area contributed by atoms with E-state index >= 15 is 0 Å². The van der Waals surface area contributed by atoms with Crippen LogP contribution >= 0.6 is 11.8 Å². The number of nitrogens with one attached hydrogen (secondary N) is 2. The Morgan fingerprint density at radius 3 is 1.94 bits per heavy atom. The molecule has 3 rings (SSSR count). The molecule has 31 heavy (non-hydrogen) atoms. The molecule has 0 aromatic heterocycles. The second-order valence-electron chi connectivity index (χ2n) is 6.49. The van der Waals surface area contributed by atoms with Crippen molar-refractivity contribution in [3.05, 3.63) is 83.9 Å². The van der Waals surface area contributed by atoms with E-state index in [9.17, 15) is 14.4 Å². The number of primary amides is 1. The molecule has 0 saturated heterocycles. The van der Waals surface area contributed by atoms with Crippen molar-refractivity contribution < 1.29 is 19.1 Å². The largest absolute Gasteiger partial charge is 0.497 e. The van der Waals surface area contributed by atoms with Gasteiger partial charge in [0.05, 0.1) is 12.9 Å². The van der Waals surface area contributed by atoms with Gasteiger partial charge in [0.15, 0.2) is 0 Å². The van der Waals surface area contributed by atoms with Crippen molar-refractivity contribution in [2.75, 3.05) is 23.5 Å². The minimum Gasteiger partial charge on any atom is -0.497 e. The molecule has 0 atom stereocenters. The van der Waals surface area contributed by atoms with Gasteiger partial charge in [0.25, 0.3) is 5.91 Å². The van der Waals surface area contributed by atoms with Gasteiger partial charge in [-0.25, -0.2) is 0 Å². The van der Waals surface area contributed by atoms with Gasteiger partial charge >= 0.3 is 0 Å². The first-order valence-corrected chi connectivity index (χ1v) is 10.3. The number of benzene rings is 3. The highest BCUT2D eigenvalue weighted by molar-refractivity contribution is 8.00. The zero-order valence-electron chi connectivity index (χ0n) is 16.8. The van der Waals surface area contributed by atoms with Crippen molar-refractivity contribution in [1.29, 1.82) is 0 Å². The minimum atomic E-state index is -0.517. The summed E-state index contributed by atoms with van der Waals surface area (Å²) in [6, 6.07) is 20.5. The number of hydrogen-bond donors (Lipinski definition) is 3. The van der Waals surface area contributed by atoms with Crippen LogP contribution in [0.5, 0.6) is 5.75 Å². The number of anilines is 2. The number of ether oxygens (including phenoxy) is 1. The van der Waals surface area contributed by atoms with Gasteiger partial charge in [-0.15, -0.1) is 11.8 Å². The lowest BCUT2D eigenvalue weighted by atomic mass is 10.2. The van der Waals surface area contributed by atoms with Gasteiger partial charge in [-0.2, -0.15) is 0 Å². The van der Waals surface area contributed by atoms with Crippen LogP contribution in [0.15, 0.2) is 77.7 Å². The molecule has 3 aromatic carbocycles. The third kappa shape index (κ3) is 6.35. The van der Waals surface area contributed by atoms with E-state index in [4.69, 9.17) is 10.5 Å². The van der Waals surface area contributed by atoms with Crippen LogP contribution in [0.1, 0.15) is 20.7 Å². The minimum absolute atomic E-state index is 0.172. The van der Waals surface area contributed by atoms with Crippen molar-refractivity contribution in [2.45, 2.75) is 4.90 Å². The number of rotatable bonds is 8. The summed E-state index contributed by atoms with van der Waals surface area (Å²) in [7, 11) is 1.57. The fraction of sp³-hybridized carbons (Fsp3) is 0.0870. The average molecular weight is 436 g/mol. The standard InChI is InChI=1S/C23H21N3O4S/c1-30-19-10-4-16(5-11-19)23(29)26-18-8-12-20(13-9-18)31-14-21(27)25-17-6-2-15(3-7-17)22(24)28/h2-13H,14H2,1H3,(H2,24,28)(H,25,27)(H,26,29). The quantitative estimate of drug-likeness (QED) is 0.467. The molecular formula is C23H21N3O4S. The maximum atomic E-state index is 12.3. The summed E-state index contributed by atoms with van der Waals surface area (Å²) in [5.74, 6) is -0.00465. The van der Waals surface area contributed by atoms with E-state index in [1.807, 2.05) is 12.1 Å². The van der Waals surface area contributed by atoms with Gasteiger partial charge in [-0.3, -0.25) is 14.4 Å². The molecule has 0 aliphatic heterocycles. The van der Waals surface area contributed by atoms with E-state index in [0.717, 1.165) is 4.90 Å². The molecule has 0 aliphatic rings. The van der Waals surface area contributed by atoms with E-state index in [1.165, 1.54) is 11.8 Å². The van der Waals surface area contributed by atoms with Crippen molar-refractivity contribution >= 4 is 40.9 Å². The highest BCUT2D eigenvalue weighted by Crippen LogP contribution is 2.21. The summed E-state index contributed by atoms with van der Waals surface area (Å²) >= 11 is 1.37. The zero-order chi connectivity index (χ0) is 22.2. The van der Waals surface area contributed by atoms with Crippen molar-refractivity contribution in [3.8, 4) is 5.75 Å². The Bertz CT molecular complexity index is 1070. The fourth-order valence-electron chi connectivity index (χ4n) is 2.64. The first kappa shape index (κ1) is 21.9. The number of carbonyl (C=O) groups excluding carboxylic acids is 3. The first-order valence-electron chi connectivity index (χ1n) is 9.32. The third-order valence-corrected chi connectivity index (χ3v) is 5.30. The summed E-state index contributed by atoms with van der Waals surface area (Å²) < 4.78 is 5.09. The number of carbonyl (C=O) groups is 3. The molecule has 0 radical (unpaired) electrons. The molecule has 0 heterocycles. The summed E-state index contributed by atoms with van der Waals surface area (Å²) in [4.78, 5) is 36.4. The Morgan fingerprint density at radius 2 is 1.35 bits per heavy atom. The number of amides is 3. The molecule has 158 valence electrons. The Balaban J connectivity index is 1.48. The number of methoxy groups -OCH3 is 1. The predicted molar refractivity (Wildman–Crippen MR) is 122 cm³/mol. The lowest BCUT2D eigenvalue weighted by Crippen LogP contribution is -2.15. The summed E-state index contributed by atoms with van der Waals surface area (Å²) in [5.41, 5.74) is 7.35. The monoisotopic (exact) mass is 435 g/mol. The average Bonchev–Trinajstić information content (AvgIpc) is 2.79. The van der Waals surface area contributed by atoms with Crippen LogP contribution in [0, 0.1) is 0 Å². The number of hydrogen-bond acceptors (Lipinski definition) is 5. The number of thioether (sulfide) groups is 1. The maximum Gasteiger partial charge on any atom is 0.255 e. The van der Waals surface area contributed by atoms with Gasteiger partial charge in [-0.05, 0) is 72.8 Å². The second kappa shape index (κ2) is 10.3. The van der Waals surface area contributed by atoms with Crippen LogP contribution < -0.4 is 21.1 Å². The van der Waals surface area contributed by atoms with Gasteiger partial charge < -0.3 is 21.1 Å². The maximum absolute atomic E-state index is 12.3. The smallest absolute Gasteiger partial charge is 0.255 e. The Labute approximate surface area is 184 Å². The van der Waals surface area contributed by atoms with Crippen molar-refractivity contribution in [3.63, 3.8) is 0 Å². The predicted octanol–water partition coefficient (Wildman–Crippen LogP) is 3.78. The van der Waals surface area contributed by atoms with Crippen LogP contribution in [0.2, 0.25) is 0 Å². The van der Waals surface area contributed by atoms with Crippen LogP contribution in [0.3, 0.4) is 0 Å². The number of nitrogens with two attached hydrogens (primary N) is 1. The molecule has 3 aromatic rings. The SMILES string of the molecule is COc1ccc(C(=O)Nc2ccc(SCC(=O)Nc3ccc(C(N)=O)cc3)cc2)cc1. The lowest BCUT2D eigenvalue weighted by Gasteiger charge is -2.08. The summed E-state index contributed by atoms with van der Waals surface area (Å²) in [6.07, 6.45) is 0. The highest BCUT2D eigenvalue weighted by atomic mass is 32.2. The Morgan fingerprint density at radius 1 is 0.806 bits per heavy atom. The molecule has 0 bridgehead atoms. The molecule has 4 N–H and O–H groups in total. The molecule has 0 aliphatic carbocycles. The molecule has 0 unspecified atom stereocenters. The van der Waals surface area contributed by atoms with Gasteiger partial charge in [0, 0.05) is 27.4 Å². The van der Waals surface area contributed by atoms with Crippen molar-refractivity contribution in [1.82, 2.24) is 0 Å². The van der Waals surface area contributed by atoms with Crippen LogP contribution in [0.4, 0.5) is 11.4 Å². The van der Waals surface area contributed by atoms with Gasteiger partial charge in [0.2, 0.25) is 11.8 Å². The van der Waals surface area contributed by atoms with Gasteiger partial charge in [0.1, 0.15) is 5.75 Å². The lowest BCUT2D eigenvalue weighted by molar-refractivity contribution is -0.113. The normalized spacial score (nSPS) is 10.2. The zero-order valence-corrected chi connectivity index (χ0v) is 17.6. The molecule has 0 saturated carbocycles. The van der Waals surface area contributed by atoms with E-state index < -0.39 is 5.91 Å². The molecule has 3 amide bonds. The molecule has 8 heteroatoms. The van der Waals surface area contributed by atoms with Crippen LogP contribution in [-0.4, -0.2) is 30.6 Å². The third-order valence-electron chi connectivity index (χ3n) is 4.29. The van der Waals surface area contributed by atoms with Crippen LogP contribution in [0.25, 0.3) is 0 Å². The fourth-order valence-corrected chi connectivity index (χ4v) is 3.34. The van der Waals surface area contributed by atoms with E-state index in [-0.39, 0.29) is 17.6 Å². The Hall–Kier alpha value is -3.78. The molecule has 7 nitrogen and oxygen atoms in total. The first-order chi connectivity index (χ1) is 14.9. The topological polar surface area (TPSA) is 111 Å².